The van der Waals surface area contributed by atoms with Gasteiger partial charge in [0.15, 0.2) is 0 Å². The van der Waals surface area contributed by atoms with Gasteiger partial charge in [-0.3, -0.25) is 4.79 Å². The SMILES string of the molecule is COc1ccc2c(c1)C1(CO2)CC(=O)N(C)c2ccccc21. The number of hydrogen-bond acceptors (Lipinski definition) is 3. The minimum absolute atomic E-state index is 0.109. The number of rotatable bonds is 1. The van der Waals surface area contributed by atoms with Crippen LogP contribution in [0.15, 0.2) is 42.5 Å². The monoisotopic (exact) mass is 295 g/mol. The van der Waals surface area contributed by atoms with Crippen LogP contribution in [0.5, 0.6) is 11.5 Å². The molecule has 22 heavy (non-hydrogen) atoms. The first-order valence-corrected chi connectivity index (χ1v) is 7.33. The maximum absolute atomic E-state index is 12.5. The highest BCUT2D eigenvalue weighted by atomic mass is 16.5. The number of para-hydroxylation sites is 1. The van der Waals surface area contributed by atoms with Crippen LogP contribution in [0.25, 0.3) is 0 Å². The molecule has 0 aromatic heterocycles. The van der Waals surface area contributed by atoms with Gasteiger partial charge in [-0.05, 0) is 29.8 Å². The van der Waals surface area contributed by atoms with E-state index in [4.69, 9.17) is 9.47 Å². The lowest BCUT2D eigenvalue weighted by atomic mass is 9.70. The maximum Gasteiger partial charge on any atom is 0.228 e. The van der Waals surface area contributed by atoms with Gasteiger partial charge >= 0.3 is 0 Å². The summed E-state index contributed by atoms with van der Waals surface area (Å²) >= 11 is 0. The van der Waals surface area contributed by atoms with Crippen LogP contribution in [0.2, 0.25) is 0 Å². The van der Waals surface area contributed by atoms with Crippen molar-refractivity contribution in [3.8, 4) is 11.5 Å². The molecule has 4 nitrogen and oxygen atoms in total. The van der Waals surface area contributed by atoms with Gasteiger partial charge in [-0.2, -0.15) is 0 Å². The van der Waals surface area contributed by atoms with Crippen molar-refractivity contribution in [1.82, 2.24) is 0 Å². The average Bonchev–Trinajstić information content (AvgIpc) is 2.91. The Kier molecular flexibility index (Phi) is 2.70. The molecule has 112 valence electrons. The molecule has 2 aliphatic rings. The summed E-state index contributed by atoms with van der Waals surface area (Å²) in [6.45, 7) is 0.492. The second-order valence-electron chi connectivity index (χ2n) is 5.88. The third-order valence-corrected chi connectivity index (χ3v) is 4.78. The minimum atomic E-state index is -0.413. The van der Waals surface area contributed by atoms with Crippen molar-refractivity contribution in [1.29, 1.82) is 0 Å². The zero-order chi connectivity index (χ0) is 15.3. The molecule has 4 rings (SSSR count). The van der Waals surface area contributed by atoms with Gasteiger partial charge in [0.05, 0.1) is 12.5 Å². The van der Waals surface area contributed by atoms with Crippen LogP contribution in [-0.2, 0) is 10.2 Å². The first-order chi connectivity index (χ1) is 10.7. The Hall–Kier alpha value is -2.49. The number of anilines is 1. The number of fused-ring (bicyclic) bond motifs is 4. The Morgan fingerprint density at radius 3 is 2.82 bits per heavy atom. The van der Waals surface area contributed by atoms with Gasteiger partial charge in [-0.25, -0.2) is 0 Å². The Labute approximate surface area is 129 Å². The second kappa shape index (κ2) is 4.50. The normalized spacial score (nSPS) is 22.3. The Balaban J connectivity index is 1.98. The molecule has 1 amide bonds. The lowest BCUT2D eigenvalue weighted by molar-refractivity contribution is -0.119. The number of nitrogens with zero attached hydrogens (tertiary/aromatic N) is 1. The van der Waals surface area contributed by atoms with Crippen LogP contribution in [-0.4, -0.2) is 26.7 Å². The van der Waals surface area contributed by atoms with E-state index < -0.39 is 5.41 Å². The summed E-state index contributed by atoms with van der Waals surface area (Å²) in [6.07, 6.45) is 0.417. The molecule has 0 fully saturated rings. The Bertz CT molecular complexity index is 771. The molecule has 2 heterocycles. The van der Waals surface area contributed by atoms with Crippen molar-refractivity contribution in [2.45, 2.75) is 11.8 Å². The number of amides is 1. The summed E-state index contributed by atoms with van der Waals surface area (Å²) in [7, 11) is 3.48. The summed E-state index contributed by atoms with van der Waals surface area (Å²) in [4.78, 5) is 14.3. The molecule has 1 atom stereocenters. The summed E-state index contributed by atoms with van der Waals surface area (Å²) in [6, 6.07) is 13.9. The highest BCUT2D eigenvalue weighted by Crippen LogP contribution is 2.51. The van der Waals surface area contributed by atoms with Crippen molar-refractivity contribution in [3.63, 3.8) is 0 Å². The van der Waals surface area contributed by atoms with Crippen LogP contribution in [0.3, 0.4) is 0 Å². The van der Waals surface area contributed by atoms with E-state index in [-0.39, 0.29) is 5.91 Å². The van der Waals surface area contributed by atoms with Gasteiger partial charge in [0.25, 0.3) is 0 Å². The van der Waals surface area contributed by atoms with E-state index in [9.17, 15) is 4.79 Å². The fourth-order valence-electron chi connectivity index (χ4n) is 3.56. The van der Waals surface area contributed by atoms with Crippen molar-refractivity contribution in [3.05, 3.63) is 53.6 Å². The van der Waals surface area contributed by atoms with Crippen LogP contribution < -0.4 is 14.4 Å². The van der Waals surface area contributed by atoms with Crippen LogP contribution in [0, 0.1) is 0 Å². The van der Waals surface area contributed by atoms with E-state index in [0.717, 1.165) is 28.3 Å². The van der Waals surface area contributed by atoms with Crippen molar-refractivity contribution in [2.75, 3.05) is 25.7 Å². The zero-order valence-corrected chi connectivity index (χ0v) is 12.6. The summed E-state index contributed by atoms with van der Waals surface area (Å²) in [5.41, 5.74) is 2.73. The summed E-state index contributed by atoms with van der Waals surface area (Å²) in [5.74, 6) is 1.73. The van der Waals surface area contributed by atoms with E-state index in [0.29, 0.717) is 13.0 Å². The molecule has 1 spiro atoms. The average molecular weight is 295 g/mol. The Morgan fingerprint density at radius 2 is 2.00 bits per heavy atom. The van der Waals surface area contributed by atoms with Crippen LogP contribution in [0.4, 0.5) is 5.69 Å². The molecule has 0 aliphatic carbocycles. The predicted octanol–water partition coefficient (Wildman–Crippen LogP) is 2.74. The number of hydrogen-bond donors (Lipinski definition) is 0. The van der Waals surface area contributed by atoms with Crippen molar-refractivity contribution < 1.29 is 14.3 Å². The lowest BCUT2D eigenvalue weighted by Crippen LogP contribution is -2.44. The minimum Gasteiger partial charge on any atom is -0.497 e. The number of methoxy groups -OCH3 is 1. The lowest BCUT2D eigenvalue weighted by Gasteiger charge is -2.38. The molecule has 1 unspecified atom stereocenters. The molecule has 0 radical (unpaired) electrons. The molecule has 0 saturated carbocycles. The quantitative estimate of drug-likeness (QED) is 0.812. The number of ether oxygens (including phenoxy) is 2. The molecule has 4 heteroatoms. The zero-order valence-electron chi connectivity index (χ0n) is 12.6. The van der Waals surface area contributed by atoms with E-state index in [1.165, 1.54) is 0 Å². The van der Waals surface area contributed by atoms with E-state index in [2.05, 4.69) is 6.07 Å². The van der Waals surface area contributed by atoms with E-state index >= 15 is 0 Å². The maximum atomic E-state index is 12.5. The van der Waals surface area contributed by atoms with Crippen LogP contribution in [0.1, 0.15) is 17.5 Å². The van der Waals surface area contributed by atoms with Gasteiger partial charge in [0, 0.05) is 24.7 Å². The molecule has 0 saturated heterocycles. The summed E-state index contributed by atoms with van der Waals surface area (Å²) in [5, 5.41) is 0. The van der Waals surface area contributed by atoms with Gasteiger partial charge in [-0.1, -0.05) is 18.2 Å². The summed E-state index contributed by atoms with van der Waals surface area (Å²) < 4.78 is 11.3. The van der Waals surface area contributed by atoms with E-state index in [1.807, 2.05) is 43.4 Å². The predicted molar refractivity (Wildman–Crippen MR) is 83.7 cm³/mol. The standard InChI is InChI=1S/C18H17NO3/c1-19-15-6-4-3-5-13(15)18(10-17(19)20)11-22-16-8-7-12(21-2)9-14(16)18/h3-9H,10-11H2,1-2H3. The Morgan fingerprint density at radius 1 is 1.18 bits per heavy atom. The first-order valence-electron chi connectivity index (χ1n) is 7.33. The number of carbonyl (C=O) groups excluding carboxylic acids is 1. The van der Waals surface area contributed by atoms with Gasteiger partial charge in [0.1, 0.15) is 18.1 Å². The van der Waals surface area contributed by atoms with Gasteiger partial charge in [-0.15, -0.1) is 0 Å². The van der Waals surface area contributed by atoms with Crippen molar-refractivity contribution >= 4 is 11.6 Å². The molecule has 2 aliphatic heterocycles. The van der Waals surface area contributed by atoms with Crippen molar-refractivity contribution in [2.24, 2.45) is 0 Å². The molecule has 0 bridgehead atoms. The topological polar surface area (TPSA) is 38.8 Å². The molecule has 2 aromatic rings. The molecule has 0 N–H and O–H groups in total. The van der Waals surface area contributed by atoms with Gasteiger partial charge in [0.2, 0.25) is 5.91 Å². The fraction of sp³-hybridized carbons (Fsp3) is 0.278. The second-order valence-corrected chi connectivity index (χ2v) is 5.88. The highest BCUT2D eigenvalue weighted by Gasteiger charge is 2.49. The molecule has 2 aromatic carbocycles. The van der Waals surface area contributed by atoms with Crippen LogP contribution >= 0.6 is 0 Å². The largest absolute Gasteiger partial charge is 0.497 e. The van der Waals surface area contributed by atoms with Gasteiger partial charge < -0.3 is 14.4 Å². The highest BCUT2D eigenvalue weighted by molar-refractivity contribution is 5.98. The fourth-order valence-corrected chi connectivity index (χ4v) is 3.56. The molecular formula is C18H17NO3. The molecular weight excluding hydrogens is 278 g/mol. The number of benzene rings is 2. The third kappa shape index (κ3) is 1.61. The number of carbonyl (C=O) groups is 1. The van der Waals surface area contributed by atoms with E-state index in [1.54, 1.807) is 12.0 Å². The third-order valence-electron chi connectivity index (χ3n) is 4.78. The smallest absolute Gasteiger partial charge is 0.228 e. The first kappa shape index (κ1) is 13.2.